The second kappa shape index (κ2) is 3.81. The van der Waals surface area contributed by atoms with Gasteiger partial charge in [-0.3, -0.25) is 10.1 Å². The van der Waals surface area contributed by atoms with Crippen LogP contribution in [-0.4, -0.2) is 15.1 Å². The first kappa shape index (κ1) is 10.7. The van der Waals surface area contributed by atoms with E-state index in [0.29, 0.717) is 0 Å². The zero-order valence-electron chi connectivity index (χ0n) is 6.90. The fourth-order valence-electron chi connectivity index (χ4n) is 1.00. The molecule has 7 heteroatoms. The molecule has 0 saturated carbocycles. The molecule has 0 aromatic heterocycles. The molecule has 1 rings (SSSR count). The van der Waals surface area contributed by atoms with Gasteiger partial charge in [0.05, 0.1) is 15.0 Å². The number of nitrogens with two attached hydrogens (primary N) is 1. The van der Waals surface area contributed by atoms with Crippen LogP contribution in [0.4, 0.5) is 5.69 Å². The quantitative estimate of drug-likeness (QED) is 0.549. The molecule has 1 aromatic carbocycles. The smallest absolute Gasteiger partial charge is 0.312 e. The molecular formula is C7H7BrN2O4. The molecule has 76 valence electrons. The summed E-state index contributed by atoms with van der Waals surface area (Å²) in [4.78, 5) is 9.70. The summed E-state index contributed by atoms with van der Waals surface area (Å²) in [6.45, 7) is -0.183. The van der Waals surface area contributed by atoms with E-state index in [9.17, 15) is 20.3 Å². The van der Waals surface area contributed by atoms with Gasteiger partial charge in [0.25, 0.3) is 0 Å². The number of aromatic hydroxyl groups is 2. The van der Waals surface area contributed by atoms with Crippen molar-refractivity contribution in [3.8, 4) is 11.5 Å². The molecule has 0 amide bonds. The molecule has 0 heterocycles. The van der Waals surface area contributed by atoms with Gasteiger partial charge >= 0.3 is 5.69 Å². The van der Waals surface area contributed by atoms with Gasteiger partial charge in [0, 0.05) is 12.6 Å². The van der Waals surface area contributed by atoms with Crippen molar-refractivity contribution in [1.29, 1.82) is 0 Å². The maximum Gasteiger partial charge on any atom is 0.312 e. The number of phenols is 2. The molecule has 0 unspecified atom stereocenters. The summed E-state index contributed by atoms with van der Waals surface area (Å²) in [6, 6.07) is 1.02. The van der Waals surface area contributed by atoms with Gasteiger partial charge in [-0.1, -0.05) is 0 Å². The monoisotopic (exact) mass is 262 g/mol. The van der Waals surface area contributed by atoms with Crippen molar-refractivity contribution in [3.63, 3.8) is 0 Å². The van der Waals surface area contributed by atoms with Gasteiger partial charge in [0.15, 0.2) is 0 Å². The van der Waals surface area contributed by atoms with E-state index in [4.69, 9.17) is 5.73 Å². The molecule has 0 radical (unpaired) electrons. The molecule has 0 aliphatic rings. The third-order valence-electron chi connectivity index (χ3n) is 1.70. The maximum atomic E-state index is 10.5. The van der Waals surface area contributed by atoms with Crippen molar-refractivity contribution >= 4 is 21.6 Å². The minimum absolute atomic E-state index is 0.0499. The Labute approximate surface area is 87.2 Å². The molecule has 0 aliphatic heterocycles. The molecule has 0 atom stereocenters. The average Bonchev–Trinajstić information content (AvgIpc) is 2.12. The van der Waals surface area contributed by atoms with E-state index in [1.165, 1.54) is 0 Å². The standard InChI is InChI=1S/C7H7BrN2O4/c8-4-1-5(10(13)14)7(12)3(2-9)6(4)11/h1,11-12H,2,9H2. The second-order valence-corrected chi connectivity index (χ2v) is 3.37. The van der Waals surface area contributed by atoms with Crippen molar-refractivity contribution in [3.05, 3.63) is 26.2 Å². The lowest BCUT2D eigenvalue weighted by molar-refractivity contribution is -0.386. The molecule has 0 fully saturated rings. The van der Waals surface area contributed by atoms with E-state index in [-0.39, 0.29) is 22.3 Å². The number of rotatable bonds is 2. The van der Waals surface area contributed by atoms with Gasteiger partial charge in [-0.2, -0.15) is 0 Å². The van der Waals surface area contributed by atoms with E-state index in [2.05, 4.69) is 15.9 Å². The normalized spacial score (nSPS) is 10.1. The highest BCUT2D eigenvalue weighted by Crippen LogP contribution is 2.40. The first-order chi connectivity index (χ1) is 6.49. The maximum absolute atomic E-state index is 10.5. The lowest BCUT2D eigenvalue weighted by Gasteiger charge is -2.06. The van der Waals surface area contributed by atoms with Gasteiger partial charge in [-0.25, -0.2) is 0 Å². The number of nitrogens with zero attached hydrogens (tertiary/aromatic N) is 1. The van der Waals surface area contributed by atoms with Crippen molar-refractivity contribution in [2.24, 2.45) is 5.73 Å². The van der Waals surface area contributed by atoms with Crippen molar-refractivity contribution < 1.29 is 15.1 Å². The number of hydrogen-bond acceptors (Lipinski definition) is 5. The second-order valence-electron chi connectivity index (χ2n) is 2.51. The van der Waals surface area contributed by atoms with E-state index in [1.54, 1.807) is 0 Å². The Morgan fingerprint density at radius 3 is 2.50 bits per heavy atom. The first-order valence-electron chi connectivity index (χ1n) is 3.56. The molecule has 14 heavy (non-hydrogen) atoms. The van der Waals surface area contributed by atoms with Gasteiger partial charge < -0.3 is 15.9 Å². The lowest BCUT2D eigenvalue weighted by atomic mass is 10.1. The zero-order chi connectivity index (χ0) is 10.9. The summed E-state index contributed by atoms with van der Waals surface area (Å²) in [5, 5.41) is 29.2. The van der Waals surface area contributed by atoms with Crippen LogP contribution in [0.5, 0.6) is 11.5 Å². The van der Waals surface area contributed by atoms with Crippen LogP contribution < -0.4 is 5.73 Å². The summed E-state index contributed by atoms with van der Waals surface area (Å²) in [7, 11) is 0. The van der Waals surface area contributed by atoms with Crippen LogP contribution in [0.3, 0.4) is 0 Å². The molecule has 0 bridgehead atoms. The predicted octanol–water partition coefficient (Wildman–Crippen LogP) is 1.23. The summed E-state index contributed by atoms with van der Waals surface area (Å²) in [5.74, 6) is -0.881. The summed E-state index contributed by atoms with van der Waals surface area (Å²) in [5.41, 5.74) is 4.69. The highest BCUT2D eigenvalue weighted by molar-refractivity contribution is 9.10. The Morgan fingerprint density at radius 2 is 2.07 bits per heavy atom. The van der Waals surface area contributed by atoms with Crippen LogP contribution in [0.1, 0.15) is 5.56 Å². The Morgan fingerprint density at radius 1 is 1.50 bits per heavy atom. The highest BCUT2D eigenvalue weighted by atomic mass is 79.9. The van der Waals surface area contributed by atoms with Crippen molar-refractivity contribution in [2.45, 2.75) is 6.54 Å². The van der Waals surface area contributed by atoms with Gasteiger partial charge in [0.1, 0.15) is 5.75 Å². The number of halogens is 1. The Kier molecular flexibility index (Phi) is 2.92. The van der Waals surface area contributed by atoms with Gasteiger partial charge in [0.2, 0.25) is 5.75 Å². The fraction of sp³-hybridized carbons (Fsp3) is 0.143. The van der Waals surface area contributed by atoms with Crippen LogP contribution in [0.2, 0.25) is 0 Å². The van der Waals surface area contributed by atoms with E-state index in [1.807, 2.05) is 0 Å². The Balaban J connectivity index is 3.50. The molecule has 4 N–H and O–H groups in total. The number of phenolic OH excluding ortho intramolecular Hbond substituents is 2. The Bertz CT molecular complexity index is 394. The summed E-state index contributed by atoms with van der Waals surface area (Å²) in [6.07, 6.45) is 0. The van der Waals surface area contributed by atoms with Gasteiger partial charge in [-0.15, -0.1) is 0 Å². The first-order valence-corrected chi connectivity index (χ1v) is 4.36. The van der Waals surface area contributed by atoms with Crippen LogP contribution >= 0.6 is 15.9 Å². The number of nitro groups is 1. The molecule has 0 spiro atoms. The lowest BCUT2D eigenvalue weighted by Crippen LogP contribution is -2.00. The molecular weight excluding hydrogens is 256 g/mol. The molecule has 6 nitrogen and oxygen atoms in total. The average molecular weight is 263 g/mol. The molecule has 1 aromatic rings. The third-order valence-corrected chi connectivity index (χ3v) is 2.31. The molecule has 0 aliphatic carbocycles. The van der Waals surface area contributed by atoms with Crippen molar-refractivity contribution in [1.82, 2.24) is 0 Å². The van der Waals surface area contributed by atoms with E-state index >= 15 is 0 Å². The summed E-state index contributed by atoms with van der Waals surface area (Å²) >= 11 is 2.92. The minimum Gasteiger partial charge on any atom is -0.506 e. The van der Waals surface area contributed by atoms with Crippen LogP contribution in [0.25, 0.3) is 0 Å². The zero-order valence-corrected chi connectivity index (χ0v) is 8.48. The highest BCUT2D eigenvalue weighted by Gasteiger charge is 2.22. The van der Waals surface area contributed by atoms with Crippen LogP contribution in [-0.2, 0) is 6.54 Å². The third kappa shape index (κ3) is 1.64. The SMILES string of the molecule is NCc1c(O)c(Br)cc([N+](=O)[O-])c1O. The van der Waals surface area contributed by atoms with Crippen LogP contribution in [0, 0.1) is 10.1 Å². The van der Waals surface area contributed by atoms with E-state index < -0.39 is 16.4 Å². The summed E-state index contributed by atoms with van der Waals surface area (Å²) < 4.78 is 0.127. The largest absolute Gasteiger partial charge is 0.506 e. The van der Waals surface area contributed by atoms with Crippen molar-refractivity contribution in [2.75, 3.05) is 0 Å². The predicted molar refractivity (Wildman–Crippen MR) is 52.0 cm³/mol. The van der Waals surface area contributed by atoms with Crippen LogP contribution in [0.15, 0.2) is 10.5 Å². The van der Waals surface area contributed by atoms with E-state index in [0.717, 1.165) is 6.07 Å². The number of nitro benzene ring substituents is 1. The minimum atomic E-state index is -0.751. The van der Waals surface area contributed by atoms with Gasteiger partial charge in [-0.05, 0) is 15.9 Å². The number of hydrogen-bond donors (Lipinski definition) is 3. The topological polar surface area (TPSA) is 110 Å². The fourth-order valence-corrected chi connectivity index (χ4v) is 1.46. The Hall–Kier alpha value is -1.34. The molecule has 0 saturated heterocycles. The number of benzene rings is 1.